The van der Waals surface area contributed by atoms with Crippen LogP contribution in [0.2, 0.25) is 0 Å². The summed E-state index contributed by atoms with van der Waals surface area (Å²) >= 11 is 0. The van der Waals surface area contributed by atoms with Crippen LogP contribution in [0.15, 0.2) is 29.2 Å². The summed E-state index contributed by atoms with van der Waals surface area (Å²) in [5.74, 6) is 0. The predicted octanol–water partition coefficient (Wildman–Crippen LogP) is 1.45. The number of nitrogens with zero attached hydrogens (tertiary/aromatic N) is 1. The minimum Gasteiger partial charge on any atom is -0.465 e. The summed E-state index contributed by atoms with van der Waals surface area (Å²) in [6.07, 6.45) is -0.428. The van der Waals surface area contributed by atoms with Gasteiger partial charge in [-0.15, -0.1) is 0 Å². The van der Waals surface area contributed by atoms with Crippen molar-refractivity contribution in [2.45, 2.75) is 24.3 Å². The number of benzene rings is 1. The first-order valence-corrected chi connectivity index (χ1v) is 7.26. The number of amides is 1. The summed E-state index contributed by atoms with van der Waals surface area (Å²) in [5.41, 5.74) is 0.954. The van der Waals surface area contributed by atoms with E-state index in [2.05, 4.69) is 0 Å². The highest BCUT2D eigenvalue weighted by atomic mass is 32.2. The van der Waals surface area contributed by atoms with Gasteiger partial charge in [0, 0.05) is 6.54 Å². The maximum atomic E-state index is 11.9. The quantitative estimate of drug-likeness (QED) is 0.846. The van der Waals surface area contributed by atoms with Crippen molar-refractivity contribution in [1.29, 1.82) is 0 Å². The highest BCUT2D eigenvalue weighted by Crippen LogP contribution is 2.20. The Morgan fingerprint density at radius 1 is 1.42 bits per heavy atom. The third-order valence-corrected chi connectivity index (χ3v) is 4.41. The van der Waals surface area contributed by atoms with Crippen molar-refractivity contribution in [2.24, 2.45) is 0 Å². The van der Waals surface area contributed by atoms with E-state index in [9.17, 15) is 13.2 Å². The largest absolute Gasteiger partial charge is 0.465 e. The second-order valence-electron chi connectivity index (χ2n) is 4.47. The fourth-order valence-electron chi connectivity index (χ4n) is 1.81. The van der Waals surface area contributed by atoms with E-state index in [1.165, 1.54) is 17.0 Å². The summed E-state index contributed by atoms with van der Waals surface area (Å²) < 4.78 is 28.7. The Balaban J connectivity index is 1.99. The molecule has 104 valence electrons. The molecule has 0 unspecified atom stereocenters. The van der Waals surface area contributed by atoms with Gasteiger partial charge in [-0.05, 0) is 25.5 Å². The second-order valence-corrected chi connectivity index (χ2v) is 6.09. The molecule has 1 atom stereocenters. The Bertz CT molecular complexity index is 566. The van der Waals surface area contributed by atoms with E-state index in [4.69, 9.17) is 9.29 Å². The number of hydrogen-bond donors (Lipinski definition) is 1. The fraction of sp³-hybridized carbons (Fsp3) is 0.417. The number of carboxylic acid groups (broad SMARTS) is 1. The van der Waals surface area contributed by atoms with Gasteiger partial charge in [-0.2, -0.15) is 8.42 Å². The lowest BCUT2D eigenvalue weighted by Crippen LogP contribution is -2.53. The average Bonchev–Trinajstić information content (AvgIpc) is 2.27. The Morgan fingerprint density at radius 3 is 2.53 bits per heavy atom. The highest BCUT2D eigenvalue weighted by molar-refractivity contribution is 7.86. The molecule has 1 aromatic carbocycles. The molecule has 1 aliphatic rings. The Kier molecular flexibility index (Phi) is 3.77. The number of carbonyl (C=O) groups is 1. The van der Waals surface area contributed by atoms with Gasteiger partial charge in [0.15, 0.2) is 0 Å². The summed E-state index contributed by atoms with van der Waals surface area (Å²) in [5, 5.41) is 8.80. The van der Waals surface area contributed by atoms with Gasteiger partial charge in [-0.25, -0.2) is 4.79 Å². The Labute approximate surface area is 111 Å². The van der Waals surface area contributed by atoms with Crippen LogP contribution < -0.4 is 0 Å². The topological polar surface area (TPSA) is 83.9 Å². The molecular weight excluding hydrogens is 270 g/mol. The standard InChI is InChI=1S/C12H15NO5S/c1-9-2-4-11(5-3-9)19(16,17)18-8-10-6-7-13(10)12(14)15/h2-5,10H,6-8H2,1H3,(H,14,15)/t10-/m0/s1. The molecule has 6 nitrogen and oxygen atoms in total. The molecule has 2 rings (SSSR count). The molecule has 1 N–H and O–H groups in total. The van der Waals surface area contributed by atoms with Gasteiger partial charge in [-0.1, -0.05) is 17.7 Å². The number of hydrogen-bond acceptors (Lipinski definition) is 4. The lowest BCUT2D eigenvalue weighted by atomic mass is 10.1. The molecule has 0 aliphatic carbocycles. The van der Waals surface area contributed by atoms with Crippen molar-refractivity contribution in [3.8, 4) is 0 Å². The summed E-state index contributed by atoms with van der Waals surface area (Å²) in [7, 11) is -3.82. The van der Waals surface area contributed by atoms with Crippen LogP contribution >= 0.6 is 0 Å². The Morgan fingerprint density at radius 2 is 2.05 bits per heavy atom. The zero-order valence-corrected chi connectivity index (χ0v) is 11.3. The molecule has 1 aliphatic heterocycles. The number of likely N-dealkylation sites (tertiary alicyclic amines) is 1. The van der Waals surface area contributed by atoms with Gasteiger partial charge in [0.2, 0.25) is 0 Å². The normalized spacial score (nSPS) is 19.0. The van der Waals surface area contributed by atoms with Crippen LogP contribution in [-0.2, 0) is 14.3 Å². The second kappa shape index (κ2) is 5.18. The SMILES string of the molecule is Cc1ccc(S(=O)(=O)OC[C@@H]2CCN2C(=O)O)cc1. The average molecular weight is 285 g/mol. The summed E-state index contributed by atoms with van der Waals surface area (Å²) in [6.45, 7) is 2.15. The minimum absolute atomic E-state index is 0.0827. The van der Waals surface area contributed by atoms with Crippen LogP contribution in [-0.4, -0.2) is 43.7 Å². The molecule has 1 fully saturated rings. The molecule has 19 heavy (non-hydrogen) atoms. The fourth-order valence-corrected chi connectivity index (χ4v) is 2.75. The molecule has 1 aromatic rings. The third-order valence-electron chi connectivity index (χ3n) is 3.11. The number of aryl methyl sites for hydroxylation is 1. The van der Waals surface area contributed by atoms with E-state index in [0.717, 1.165) is 5.56 Å². The van der Waals surface area contributed by atoms with E-state index in [0.29, 0.717) is 13.0 Å². The molecule has 0 saturated carbocycles. The van der Waals surface area contributed by atoms with E-state index in [1.807, 2.05) is 6.92 Å². The maximum absolute atomic E-state index is 11.9. The van der Waals surface area contributed by atoms with Crippen LogP contribution in [0.3, 0.4) is 0 Å². The van der Waals surface area contributed by atoms with Gasteiger partial charge in [0.25, 0.3) is 10.1 Å². The van der Waals surface area contributed by atoms with Crippen molar-refractivity contribution in [3.63, 3.8) is 0 Å². The van der Waals surface area contributed by atoms with Gasteiger partial charge in [-0.3, -0.25) is 4.18 Å². The zero-order valence-electron chi connectivity index (χ0n) is 10.4. The molecule has 0 bridgehead atoms. The van der Waals surface area contributed by atoms with Crippen molar-refractivity contribution in [1.82, 2.24) is 4.90 Å². The first-order valence-electron chi connectivity index (χ1n) is 5.86. The highest BCUT2D eigenvalue weighted by Gasteiger charge is 2.33. The lowest BCUT2D eigenvalue weighted by Gasteiger charge is -2.38. The molecular formula is C12H15NO5S. The van der Waals surface area contributed by atoms with Crippen molar-refractivity contribution < 1.29 is 22.5 Å². The van der Waals surface area contributed by atoms with Crippen LogP contribution in [0.25, 0.3) is 0 Å². The van der Waals surface area contributed by atoms with E-state index in [-0.39, 0.29) is 17.5 Å². The van der Waals surface area contributed by atoms with Crippen LogP contribution in [0.4, 0.5) is 4.79 Å². The van der Waals surface area contributed by atoms with E-state index in [1.54, 1.807) is 12.1 Å². The summed E-state index contributed by atoms with van der Waals surface area (Å²) in [4.78, 5) is 12.0. The van der Waals surface area contributed by atoms with E-state index < -0.39 is 16.2 Å². The Hall–Kier alpha value is -1.60. The molecule has 0 aromatic heterocycles. The van der Waals surface area contributed by atoms with Crippen molar-refractivity contribution in [3.05, 3.63) is 29.8 Å². The molecule has 0 spiro atoms. The molecule has 1 heterocycles. The smallest absolute Gasteiger partial charge is 0.407 e. The van der Waals surface area contributed by atoms with Crippen molar-refractivity contribution >= 4 is 16.2 Å². The molecule has 7 heteroatoms. The van der Waals surface area contributed by atoms with Crippen LogP contribution in [0, 0.1) is 6.92 Å². The van der Waals surface area contributed by atoms with Gasteiger partial charge >= 0.3 is 6.09 Å². The van der Waals surface area contributed by atoms with Gasteiger partial charge in [0.05, 0.1) is 17.5 Å². The zero-order chi connectivity index (χ0) is 14.0. The molecule has 1 amide bonds. The first kappa shape index (κ1) is 13.8. The van der Waals surface area contributed by atoms with Crippen LogP contribution in [0.1, 0.15) is 12.0 Å². The summed E-state index contributed by atoms with van der Waals surface area (Å²) in [6, 6.07) is 5.94. The maximum Gasteiger partial charge on any atom is 0.407 e. The number of rotatable bonds is 4. The molecule has 0 radical (unpaired) electrons. The molecule has 1 saturated heterocycles. The van der Waals surface area contributed by atoms with Gasteiger partial charge < -0.3 is 10.0 Å². The van der Waals surface area contributed by atoms with E-state index >= 15 is 0 Å². The third kappa shape index (κ3) is 3.05. The predicted molar refractivity (Wildman–Crippen MR) is 67.5 cm³/mol. The minimum atomic E-state index is -3.82. The van der Waals surface area contributed by atoms with Crippen LogP contribution in [0.5, 0.6) is 0 Å². The lowest BCUT2D eigenvalue weighted by molar-refractivity contribution is 0.0512. The first-order chi connectivity index (χ1) is 8.90. The van der Waals surface area contributed by atoms with Crippen molar-refractivity contribution in [2.75, 3.05) is 13.2 Å². The van der Waals surface area contributed by atoms with Gasteiger partial charge in [0.1, 0.15) is 0 Å². The monoisotopic (exact) mass is 285 g/mol.